The summed E-state index contributed by atoms with van der Waals surface area (Å²) >= 11 is 0. The van der Waals surface area contributed by atoms with E-state index in [1.807, 2.05) is 30.5 Å². The molecule has 1 aliphatic rings. The molecule has 8 heteroatoms. The van der Waals surface area contributed by atoms with Gasteiger partial charge in [-0.1, -0.05) is 12.1 Å². The molecule has 198 valence electrons. The van der Waals surface area contributed by atoms with E-state index in [0.29, 0.717) is 12.0 Å². The van der Waals surface area contributed by atoms with Crippen LogP contribution in [0.3, 0.4) is 0 Å². The van der Waals surface area contributed by atoms with Crippen molar-refractivity contribution in [3.05, 3.63) is 88.1 Å². The number of nitrogens with one attached hydrogen (secondary N) is 1. The van der Waals surface area contributed by atoms with Crippen molar-refractivity contribution in [3.63, 3.8) is 0 Å². The fourth-order valence-corrected chi connectivity index (χ4v) is 5.58. The Morgan fingerprint density at radius 1 is 1.13 bits per heavy atom. The van der Waals surface area contributed by atoms with E-state index >= 15 is 0 Å². The second-order valence-electron chi connectivity index (χ2n) is 10.5. The maximum atomic E-state index is 12.8. The van der Waals surface area contributed by atoms with Crippen molar-refractivity contribution in [1.29, 1.82) is 0 Å². The van der Waals surface area contributed by atoms with Crippen LogP contribution < -0.4 is 10.9 Å². The van der Waals surface area contributed by atoms with Gasteiger partial charge in [0.15, 0.2) is 0 Å². The summed E-state index contributed by atoms with van der Waals surface area (Å²) < 4.78 is 3.82. The maximum Gasteiger partial charge on any atom is 0.257 e. The van der Waals surface area contributed by atoms with Gasteiger partial charge in [-0.15, -0.1) is 0 Å². The lowest BCUT2D eigenvalue weighted by Crippen LogP contribution is -2.39. The highest BCUT2D eigenvalue weighted by atomic mass is 16.2. The standard InChI is InChI=1S/C30H36N6O2/c1-20-16-23(21-6-8-22(9-7-21)30(38)33(3)4)11-14-35(20)19-25-18-26-27(10-13-32-29(26)34(25)5)36-15-12-24(31-2)17-28(36)37/h6-10,12-13,15,17-18,20,23,31H,11,14,16,19H2,1-5H3/t20-,23?/m1/s1. The van der Waals surface area contributed by atoms with Crippen molar-refractivity contribution in [2.75, 3.05) is 33.0 Å². The quantitative estimate of drug-likeness (QED) is 0.418. The normalized spacial score (nSPS) is 18.0. The number of likely N-dealkylation sites (tertiary alicyclic amines) is 1. The first kappa shape index (κ1) is 25.7. The van der Waals surface area contributed by atoms with Crippen molar-refractivity contribution in [2.24, 2.45) is 7.05 Å². The lowest BCUT2D eigenvalue weighted by Gasteiger charge is -2.38. The van der Waals surface area contributed by atoms with Crippen LogP contribution in [-0.2, 0) is 13.6 Å². The number of anilines is 1. The van der Waals surface area contributed by atoms with E-state index in [1.165, 1.54) is 11.3 Å². The van der Waals surface area contributed by atoms with Gasteiger partial charge in [-0.25, -0.2) is 4.98 Å². The van der Waals surface area contributed by atoms with Gasteiger partial charge in [0, 0.05) is 81.6 Å². The summed E-state index contributed by atoms with van der Waals surface area (Å²) in [5.74, 6) is 0.519. The van der Waals surface area contributed by atoms with Gasteiger partial charge in [0.2, 0.25) is 0 Å². The van der Waals surface area contributed by atoms with E-state index in [2.05, 4.69) is 51.9 Å². The Hall–Kier alpha value is -3.91. The topological polar surface area (TPSA) is 75.4 Å². The average Bonchev–Trinajstić information content (AvgIpc) is 3.24. The number of fused-ring (bicyclic) bond motifs is 1. The number of hydrogen-bond donors (Lipinski definition) is 1. The Kier molecular flexibility index (Phi) is 7.08. The minimum atomic E-state index is -0.0791. The van der Waals surface area contributed by atoms with Crippen molar-refractivity contribution in [2.45, 2.75) is 38.3 Å². The summed E-state index contributed by atoms with van der Waals surface area (Å²) in [5, 5.41) is 3.99. The number of carbonyl (C=O) groups excluding carboxylic acids is 1. The third kappa shape index (κ3) is 4.84. The zero-order chi connectivity index (χ0) is 27.0. The maximum absolute atomic E-state index is 12.8. The number of carbonyl (C=O) groups is 1. The molecule has 1 fully saturated rings. The van der Waals surface area contributed by atoms with Crippen LogP contribution in [0.2, 0.25) is 0 Å². The van der Waals surface area contributed by atoms with E-state index < -0.39 is 0 Å². The summed E-state index contributed by atoms with van der Waals surface area (Å²) in [7, 11) is 7.42. The molecular weight excluding hydrogens is 476 g/mol. The van der Waals surface area contributed by atoms with Crippen molar-refractivity contribution in [1.82, 2.24) is 23.9 Å². The number of amides is 1. The van der Waals surface area contributed by atoms with Crippen molar-refractivity contribution < 1.29 is 4.79 Å². The molecule has 0 radical (unpaired) electrons. The molecule has 0 spiro atoms. The van der Waals surface area contributed by atoms with E-state index in [-0.39, 0.29) is 11.5 Å². The molecule has 0 bridgehead atoms. The number of rotatable bonds is 6. The van der Waals surface area contributed by atoms with Crippen LogP contribution in [0.4, 0.5) is 5.69 Å². The summed E-state index contributed by atoms with van der Waals surface area (Å²) in [6.07, 6.45) is 5.73. The average molecular weight is 513 g/mol. The lowest BCUT2D eigenvalue weighted by molar-refractivity contribution is 0.0827. The lowest BCUT2D eigenvalue weighted by atomic mass is 9.85. The van der Waals surface area contributed by atoms with Gasteiger partial charge in [0.05, 0.1) is 5.69 Å². The van der Waals surface area contributed by atoms with Crippen LogP contribution in [-0.4, -0.2) is 63.6 Å². The Morgan fingerprint density at radius 2 is 1.89 bits per heavy atom. The molecule has 0 saturated carbocycles. The van der Waals surface area contributed by atoms with E-state index in [0.717, 1.165) is 53.9 Å². The molecular formula is C30H36N6O2. The van der Waals surface area contributed by atoms with E-state index in [9.17, 15) is 9.59 Å². The van der Waals surface area contributed by atoms with Gasteiger partial charge in [0.25, 0.3) is 11.5 Å². The molecule has 1 aliphatic heterocycles. The first-order chi connectivity index (χ1) is 18.3. The Balaban J connectivity index is 1.34. The molecule has 1 N–H and O–H groups in total. The third-order valence-corrected chi connectivity index (χ3v) is 7.89. The second kappa shape index (κ2) is 10.5. The van der Waals surface area contributed by atoms with E-state index in [1.54, 1.807) is 42.9 Å². The molecule has 0 aliphatic carbocycles. The largest absolute Gasteiger partial charge is 0.388 e. The molecule has 4 heterocycles. The number of aromatic nitrogens is 3. The summed E-state index contributed by atoms with van der Waals surface area (Å²) in [4.78, 5) is 33.8. The second-order valence-corrected chi connectivity index (χ2v) is 10.5. The molecule has 3 aromatic heterocycles. The number of piperidine rings is 1. The van der Waals surface area contributed by atoms with Crippen LogP contribution in [0.1, 0.15) is 47.3 Å². The van der Waals surface area contributed by atoms with Crippen LogP contribution in [0.25, 0.3) is 16.7 Å². The summed E-state index contributed by atoms with van der Waals surface area (Å²) in [5.41, 5.74) is 5.64. The minimum absolute atomic E-state index is 0.0344. The molecule has 8 nitrogen and oxygen atoms in total. The highest BCUT2D eigenvalue weighted by molar-refractivity contribution is 5.93. The summed E-state index contributed by atoms with van der Waals surface area (Å²) in [6, 6.07) is 16.1. The minimum Gasteiger partial charge on any atom is -0.388 e. The van der Waals surface area contributed by atoms with E-state index in [4.69, 9.17) is 0 Å². The van der Waals surface area contributed by atoms with Crippen molar-refractivity contribution in [3.8, 4) is 5.69 Å². The van der Waals surface area contributed by atoms with Crippen molar-refractivity contribution >= 4 is 22.6 Å². The zero-order valence-electron chi connectivity index (χ0n) is 22.8. The molecule has 5 rings (SSSR count). The van der Waals surface area contributed by atoms with Crippen LogP contribution >= 0.6 is 0 Å². The Labute approximate surface area is 223 Å². The molecule has 1 saturated heterocycles. The molecule has 4 aromatic rings. The van der Waals surface area contributed by atoms with Gasteiger partial charge >= 0.3 is 0 Å². The van der Waals surface area contributed by atoms with Crippen LogP contribution in [0.15, 0.2) is 65.7 Å². The zero-order valence-corrected chi connectivity index (χ0v) is 22.8. The first-order valence-corrected chi connectivity index (χ1v) is 13.2. The van der Waals surface area contributed by atoms with Gasteiger partial charge in [0.1, 0.15) is 5.65 Å². The predicted octanol–water partition coefficient (Wildman–Crippen LogP) is 4.24. The van der Waals surface area contributed by atoms with Crippen LogP contribution in [0, 0.1) is 0 Å². The molecule has 1 aromatic carbocycles. The highest BCUT2D eigenvalue weighted by Gasteiger charge is 2.27. The predicted molar refractivity (Wildman–Crippen MR) is 152 cm³/mol. The molecule has 1 unspecified atom stereocenters. The van der Waals surface area contributed by atoms with Gasteiger partial charge in [-0.3, -0.25) is 19.1 Å². The monoisotopic (exact) mass is 512 g/mol. The molecule has 38 heavy (non-hydrogen) atoms. The summed E-state index contributed by atoms with van der Waals surface area (Å²) in [6.45, 7) is 4.12. The smallest absolute Gasteiger partial charge is 0.257 e. The first-order valence-electron chi connectivity index (χ1n) is 13.2. The van der Waals surface area contributed by atoms with Gasteiger partial charge in [-0.2, -0.15) is 0 Å². The Morgan fingerprint density at radius 3 is 2.55 bits per heavy atom. The molecule has 2 atom stereocenters. The highest BCUT2D eigenvalue weighted by Crippen LogP contribution is 2.33. The Bertz CT molecular complexity index is 1520. The van der Waals surface area contributed by atoms with Crippen LogP contribution in [0.5, 0.6) is 0 Å². The SMILES string of the molecule is CNc1ccn(-c2ccnc3c2cc(CN2CCC(c4ccc(C(=O)N(C)C)cc4)C[C@H]2C)n3C)c(=O)c1. The number of aryl methyl sites for hydroxylation is 1. The molecule has 1 amide bonds. The van der Waals surface area contributed by atoms with Gasteiger partial charge < -0.3 is 14.8 Å². The number of hydrogen-bond acceptors (Lipinski definition) is 5. The number of nitrogens with zero attached hydrogens (tertiary/aromatic N) is 5. The third-order valence-electron chi connectivity index (χ3n) is 7.89. The van der Waals surface area contributed by atoms with Gasteiger partial charge in [-0.05, 0) is 68.1 Å². The number of benzene rings is 1. The fraction of sp³-hybridized carbons (Fsp3) is 0.367. The number of pyridine rings is 2. The fourth-order valence-electron chi connectivity index (χ4n) is 5.58.